The van der Waals surface area contributed by atoms with Crippen LogP contribution >= 0.6 is 0 Å². The third-order valence-electron chi connectivity index (χ3n) is 5.16. The van der Waals surface area contributed by atoms with Crippen LogP contribution in [0.4, 0.5) is 0 Å². The first kappa shape index (κ1) is 15.4. The van der Waals surface area contributed by atoms with E-state index in [2.05, 4.69) is 15.2 Å². The van der Waals surface area contributed by atoms with Crippen LogP contribution in [-0.2, 0) is 13.0 Å². The number of nitrogens with one attached hydrogen (secondary N) is 1. The molecule has 0 spiro atoms. The molecule has 1 aliphatic heterocycles. The predicted molar refractivity (Wildman–Crippen MR) is 97.0 cm³/mol. The summed E-state index contributed by atoms with van der Waals surface area (Å²) in [5.74, 6) is 1.36. The minimum Gasteiger partial charge on any atom is -0.493 e. The highest BCUT2D eigenvalue weighted by molar-refractivity contribution is 5.97. The molecule has 6 nitrogen and oxygen atoms in total. The molecule has 3 aromatic rings. The summed E-state index contributed by atoms with van der Waals surface area (Å²) in [5.41, 5.74) is 3.44. The van der Waals surface area contributed by atoms with Crippen molar-refractivity contribution in [3.05, 3.63) is 53.5 Å². The third-order valence-corrected chi connectivity index (χ3v) is 5.16. The van der Waals surface area contributed by atoms with E-state index in [9.17, 15) is 4.79 Å². The van der Waals surface area contributed by atoms with Crippen molar-refractivity contribution in [2.24, 2.45) is 5.92 Å². The van der Waals surface area contributed by atoms with Crippen LogP contribution in [0.5, 0.6) is 5.75 Å². The van der Waals surface area contributed by atoms with Crippen molar-refractivity contribution < 1.29 is 9.53 Å². The normalized spacial score (nSPS) is 16.5. The van der Waals surface area contributed by atoms with Crippen LogP contribution < -0.4 is 4.74 Å². The third kappa shape index (κ3) is 2.81. The molecule has 2 aliphatic rings. The first-order valence-corrected chi connectivity index (χ1v) is 9.11. The number of aromatic nitrogens is 3. The Labute approximate surface area is 151 Å². The average molecular weight is 348 g/mol. The Balaban J connectivity index is 1.46. The van der Waals surface area contributed by atoms with E-state index in [1.807, 2.05) is 29.2 Å². The molecule has 5 rings (SSSR count). The van der Waals surface area contributed by atoms with Gasteiger partial charge in [0.1, 0.15) is 11.4 Å². The lowest BCUT2D eigenvalue weighted by Crippen LogP contribution is -2.36. The van der Waals surface area contributed by atoms with E-state index >= 15 is 0 Å². The fourth-order valence-corrected chi connectivity index (χ4v) is 3.42. The summed E-state index contributed by atoms with van der Waals surface area (Å²) in [7, 11) is 0. The molecule has 6 heteroatoms. The summed E-state index contributed by atoms with van der Waals surface area (Å²) in [6.45, 7) is 1.95. The minimum atomic E-state index is -0.0566. The number of rotatable bonds is 4. The number of nitrogens with zero attached hydrogens (tertiary/aromatic N) is 3. The molecule has 0 unspecified atom stereocenters. The summed E-state index contributed by atoms with van der Waals surface area (Å²) in [6.07, 6.45) is 5.05. The van der Waals surface area contributed by atoms with Gasteiger partial charge in [-0.2, -0.15) is 5.10 Å². The van der Waals surface area contributed by atoms with Crippen molar-refractivity contribution in [1.29, 1.82) is 0 Å². The molecule has 1 aromatic carbocycles. The Morgan fingerprint density at radius 3 is 3.08 bits per heavy atom. The van der Waals surface area contributed by atoms with E-state index < -0.39 is 0 Å². The second kappa shape index (κ2) is 6.12. The van der Waals surface area contributed by atoms with Crippen LogP contribution in [0.3, 0.4) is 0 Å². The molecule has 3 heterocycles. The van der Waals surface area contributed by atoms with Crippen LogP contribution in [0.1, 0.15) is 34.6 Å². The van der Waals surface area contributed by atoms with Gasteiger partial charge in [0.15, 0.2) is 0 Å². The van der Waals surface area contributed by atoms with Gasteiger partial charge in [-0.05, 0) is 30.9 Å². The number of para-hydroxylation sites is 1. The number of H-pyrrole nitrogens is 1. The summed E-state index contributed by atoms with van der Waals surface area (Å²) in [4.78, 5) is 19.5. The Bertz CT molecular complexity index is 977. The zero-order chi connectivity index (χ0) is 17.5. The Morgan fingerprint density at radius 1 is 1.31 bits per heavy atom. The molecule has 0 bridgehead atoms. The summed E-state index contributed by atoms with van der Waals surface area (Å²) < 4.78 is 6.04. The van der Waals surface area contributed by atoms with Gasteiger partial charge in [-0.3, -0.25) is 9.89 Å². The monoisotopic (exact) mass is 348 g/mol. The fourth-order valence-electron chi connectivity index (χ4n) is 3.42. The van der Waals surface area contributed by atoms with Crippen molar-refractivity contribution in [2.45, 2.75) is 25.8 Å². The van der Waals surface area contributed by atoms with Gasteiger partial charge in [-0.15, -0.1) is 0 Å². The van der Waals surface area contributed by atoms with E-state index in [-0.39, 0.29) is 5.91 Å². The van der Waals surface area contributed by atoms with Gasteiger partial charge in [0.2, 0.25) is 0 Å². The quantitative estimate of drug-likeness (QED) is 0.787. The largest absolute Gasteiger partial charge is 0.493 e. The SMILES string of the molecule is O=C(c1cc(OCC2CC2)c2ccccc2n1)N1CCc2[nH]ncc2C1. The van der Waals surface area contributed by atoms with Gasteiger partial charge in [-0.1, -0.05) is 12.1 Å². The summed E-state index contributed by atoms with van der Waals surface area (Å²) in [6, 6.07) is 9.64. The molecule has 2 aromatic heterocycles. The van der Waals surface area contributed by atoms with Gasteiger partial charge >= 0.3 is 0 Å². The molecule has 1 N–H and O–H groups in total. The van der Waals surface area contributed by atoms with Crippen molar-refractivity contribution >= 4 is 16.8 Å². The molecule has 132 valence electrons. The van der Waals surface area contributed by atoms with Crippen molar-refractivity contribution in [1.82, 2.24) is 20.1 Å². The topological polar surface area (TPSA) is 71.1 Å². The number of carbonyl (C=O) groups is 1. The molecule has 0 saturated heterocycles. The minimum absolute atomic E-state index is 0.0566. The van der Waals surface area contributed by atoms with Gasteiger partial charge in [0, 0.05) is 42.2 Å². The lowest BCUT2D eigenvalue weighted by Gasteiger charge is -2.26. The number of hydrogen-bond acceptors (Lipinski definition) is 4. The first-order valence-electron chi connectivity index (χ1n) is 9.11. The van der Waals surface area contributed by atoms with Crippen molar-refractivity contribution in [3.8, 4) is 5.75 Å². The number of carbonyl (C=O) groups excluding carboxylic acids is 1. The average Bonchev–Trinajstić information content (AvgIpc) is 3.39. The maximum atomic E-state index is 13.1. The Kier molecular flexibility index (Phi) is 3.62. The molecule has 1 fully saturated rings. The van der Waals surface area contributed by atoms with Crippen LogP contribution in [0.25, 0.3) is 10.9 Å². The van der Waals surface area contributed by atoms with Gasteiger partial charge in [0.25, 0.3) is 5.91 Å². The first-order chi connectivity index (χ1) is 12.8. The van der Waals surface area contributed by atoms with Gasteiger partial charge in [0.05, 0.1) is 18.3 Å². The zero-order valence-electron chi connectivity index (χ0n) is 14.4. The van der Waals surface area contributed by atoms with E-state index in [0.717, 1.165) is 34.3 Å². The maximum Gasteiger partial charge on any atom is 0.272 e. The molecule has 1 aliphatic carbocycles. The van der Waals surface area contributed by atoms with Crippen LogP contribution in [0.15, 0.2) is 36.5 Å². The Hall–Kier alpha value is -2.89. The smallest absolute Gasteiger partial charge is 0.272 e. The number of amides is 1. The number of ether oxygens (including phenoxy) is 1. The number of hydrogen-bond donors (Lipinski definition) is 1. The van der Waals surface area contributed by atoms with Crippen LogP contribution in [0, 0.1) is 5.92 Å². The van der Waals surface area contributed by atoms with Crippen molar-refractivity contribution in [2.75, 3.05) is 13.2 Å². The predicted octanol–water partition coefficient (Wildman–Crippen LogP) is 2.95. The lowest BCUT2D eigenvalue weighted by atomic mass is 10.1. The maximum absolute atomic E-state index is 13.1. The number of benzene rings is 1. The second-order valence-electron chi connectivity index (χ2n) is 7.13. The molecule has 26 heavy (non-hydrogen) atoms. The molecule has 0 atom stereocenters. The lowest BCUT2D eigenvalue weighted by molar-refractivity contribution is 0.0728. The van der Waals surface area contributed by atoms with E-state index in [1.54, 1.807) is 12.3 Å². The van der Waals surface area contributed by atoms with Gasteiger partial charge in [-0.25, -0.2) is 4.98 Å². The van der Waals surface area contributed by atoms with Gasteiger partial charge < -0.3 is 9.64 Å². The Morgan fingerprint density at radius 2 is 2.19 bits per heavy atom. The highest BCUT2D eigenvalue weighted by Gasteiger charge is 2.26. The van der Waals surface area contributed by atoms with Crippen LogP contribution in [0.2, 0.25) is 0 Å². The fraction of sp³-hybridized carbons (Fsp3) is 0.350. The molecule has 1 amide bonds. The van der Waals surface area contributed by atoms with Crippen LogP contribution in [-0.4, -0.2) is 39.1 Å². The number of pyridine rings is 1. The number of fused-ring (bicyclic) bond motifs is 2. The zero-order valence-corrected chi connectivity index (χ0v) is 14.4. The van der Waals surface area contributed by atoms with E-state index in [1.165, 1.54) is 12.8 Å². The second-order valence-corrected chi connectivity index (χ2v) is 7.13. The number of aromatic amines is 1. The summed E-state index contributed by atoms with van der Waals surface area (Å²) >= 11 is 0. The molecular formula is C20H20N4O2. The highest BCUT2D eigenvalue weighted by atomic mass is 16.5. The molecule has 0 radical (unpaired) electrons. The van der Waals surface area contributed by atoms with Crippen molar-refractivity contribution in [3.63, 3.8) is 0 Å². The standard InChI is InChI=1S/C20H20N4O2/c25-20(24-8-7-16-14(11-24)10-21-23-16)18-9-19(26-12-13-5-6-13)15-3-1-2-4-17(15)22-18/h1-4,9-10,13H,5-8,11-12H2,(H,21,23). The van der Waals surface area contributed by atoms with E-state index in [0.29, 0.717) is 31.3 Å². The summed E-state index contributed by atoms with van der Waals surface area (Å²) in [5, 5.41) is 8.03. The van der Waals surface area contributed by atoms with E-state index in [4.69, 9.17) is 4.74 Å². The molecule has 1 saturated carbocycles. The molecular weight excluding hydrogens is 328 g/mol. The highest BCUT2D eigenvalue weighted by Crippen LogP contribution is 2.32.